The highest BCUT2D eigenvalue weighted by Gasteiger charge is 2.25. The number of fused-ring (bicyclic) bond motifs is 1. The van der Waals surface area contributed by atoms with E-state index in [0.29, 0.717) is 36.9 Å². The average molecular weight is 251 g/mol. The van der Waals surface area contributed by atoms with Crippen molar-refractivity contribution in [2.75, 3.05) is 24.6 Å². The molecule has 0 spiro atoms. The van der Waals surface area contributed by atoms with E-state index in [-0.39, 0.29) is 18.1 Å². The van der Waals surface area contributed by atoms with E-state index in [2.05, 4.69) is 4.98 Å². The second-order valence-electron chi connectivity index (χ2n) is 4.31. The van der Waals surface area contributed by atoms with Gasteiger partial charge in [0.2, 0.25) is 5.95 Å². The van der Waals surface area contributed by atoms with Gasteiger partial charge in [-0.1, -0.05) is 0 Å². The van der Waals surface area contributed by atoms with Gasteiger partial charge >= 0.3 is 5.97 Å². The number of carbonyl (C=O) groups excluding carboxylic acids is 1. The van der Waals surface area contributed by atoms with Crippen LogP contribution in [0.1, 0.15) is 18.2 Å². The minimum absolute atomic E-state index is 0.0242. The van der Waals surface area contributed by atoms with Crippen molar-refractivity contribution in [3.8, 4) is 0 Å². The standard InChI is InChI=1S/C12H17N3O3/c1-4-18-10(16)7-14-5-6-15-11(17)8(2)9(3)13-12(14)15/h4-7H2,1-3H3. The molecule has 2 heterocycles. The summed E-state index contributed by atoms with van der Waals surface area (Å²) in [7, 11) is 0. The Hall–Kier alpha value is -1.85. The molecule has 0 N–H and O–H groups in total. The molecule has 6 nitrogen and oxygen atoms in total. The Balaban J connectivity index is 2.29. The fourth-order valence-electron chi connectivity index (χ4n) is 2.02. The first-order valence-corrected chi connectivity index (χ1v) is 6.03. The van der Waals surface area contributed by atoms with Crippen LogP contribution in [-0.4, -0.2) is 35.2 Å². The number of hydrogen-bond acceptors (Lipinski definition) is 5. The van der Waals surface area contributed by atoms with E-state index in [1.165, 1.54) is 0 Å². The van der Waals surface area contributed by atoms with Crippen LogP contribution in [0, 0.1) is 13.8 Å². The molecular weight excluding hydrogens is 234 g/mol. The molecule has 0 aromatic carbocycles. The molecule has 0 bridgehead atoms. The van der Waals surface area contributed by atoms with Crippen molar-refractivity contribution in [3.05, 3.63) is 21.6 Å². The number of rotatable bonds is 3. The fraction of sp³-hybridized carbons (Fsp3) is 0.583. The molecule has 0 atom stereocenters. The quantitative estimate of drug-likeness (QED) is 0.720. The Morgan fingerprint density at radius 2 is 2.11 bits per heavy atom. The lowest BCUT2D eigenvalue weighted by atomic mass is 10.3. The number of ether oxygens (including phenoxy) is 1. The van der Waals surface area contributed by atoms with E-state index in [1.807, 2.05) is 0 Å². The minimum atomic E-state index is -0.293. The highest BCUT2D eigenvalue weighted by atomic mass is 16.5. The maximum atomic E-state index is 12.0. The van der Waals surface area contributed by atoms with Crippen molar-refractivity contribution >= 4 is 11.9 Å². The molecular formula is C12H17N3O3. The zero-order valence-corrected chi connectivity index (χ0v) is 10.9. The van der Waals surface area contributed by atoms with Gasteiger partial charge < -0.3 is 9.64 Å². The van der Waals surface area contributed by atoms with Crippen LogP contribution in [-0.2, 0) is 16.1 Å². The zero-order valence-electron chi connectivity index (χ0n) is 10.9. The molecule has 0 radical (unpaired) electrons. The SMILES string of the molecule is CCOC(=O)CN1CCn2c1nc(C)c(C)c2=O. The maximum absolute atomic E-state index is 12.0. The molecule has 0 saturated heterocycles. The molecule has 0 amide bonds. The molecule has 1 aliphatic rings. The van der Waals surface area contributed by atoms with Crippen molar-refractivity contribution in [2.24, 2.45) is 0 Å². The highest BCUT2D eigenvalue weighted by molar-refractivity contribution is 5.75. The second kappa shape index (κ2) is 4.80. The van der Waals surface area contributed by atoms with Crippen LogP contribution in [0.2, 0.25) is 0 Å². The van der Waals surface area contributed by atoms with Gasteiger partial charge in [0.15, 0.2) is 0 Å². The monoisotopic (exact) mass is 251 g/mol. The summed E-state index contributed by atoms with van der Waals surface area (Å²) >= 11 is 0. The molecule has 1 aromatic heterocycles. The molecule has 0 aliphatic carbocycles. The highest BCUT2D eigenvalue weighted by Crippen LogP contribution is 2.17. The molecule has 0 fully saturated rings. The maximum Gasteiger partial charge on any atom is 0.325 e. The van der Waals surface area contributed by atoms with Gasteiger partial charge in [-0.05, 0) is 20.8 Å². The Kier molecular flexibility index (Phi) is 3.36. The molecule has 1 aliphatic heterocycles. The van der Waals surface area contributed by atoms with E-state index in [4.69, 9.17) is 4.74 Å². The average Bonchev–Trinajstić information content (AvgIpc) is 2.70. The summed E-state index contributed by atoms with van der Waals surface area (Å²) in [5.74, 6) is 0.273. The predicted octanol–water partition coefficient (Wildman–Crippen LogP) is 0.243. The number of aromatic nitrogens is 2. The van der Waals surface area contributed by atoms with Crippen molar-refractivity contribution < 1.29 is 9.53 Å². The van der Waals surface area contributed by atoms with Crippen LogP contribution < -0.4 is 10.5 Å². The van der Waals surface area contributed by atoms with Crippen LogP contribution in [0.5, 0.6) is 0 Å². The van der Waals surface area contributed by atoms with Gasteiger partial charge in [0.1, 0.15) is 6.54 Å². The lowest BCUT2D eigenvalue weighted by Crippen LogP contribution is -2.31. The van der Waals surface area contributed by atoms with E-state index < -0.39 is 0 Å². The van der Waals surface area contributed by atoms with Crippen molar-refractivity contribution in [2.45, 2.75) is 27.3 Å². The molecule has 98 valence electrons. The largest absolute Gasteiger partial charge is 0.465 e. The number of anilines is 1. The van der Waals surface area contributed by atoms with Crippen molar-refractivity contribution in [3.63, 3.8) is 0 Å². The first kappa shape index (κ1) is 12.6. The van der Waals surface area contributed by atoms with Gasteiger partial charge in [0.05, 0.1) is 6.61 Å². The van der Waals surface area contributed by atoms with Crippen LogP contribution in [0.4, 0.5) is 5.95 Å². The number of esters is 1. The normalized spacial score (nSPS) is 13.6. The van der Waals surface area contributed by atoms with Crippen LogP contribution in [0.15, 0.2) is 4.79 Å². The van der Waals surface area contributed by atoms with Crippen LogP contribution >= 0.6 is 0 Å². The predicted molar refractivity (Wildman–Crippen MR) is 66.8 cm³/mol. The first-order valence-electron chi connectivity index (χ1n) is 6.03. The van der Waals surface area contributed by atoms with E-state index in [0.717, 1.165) is 0 Å². The molecule has 6 heteroatoms. The fourth-order valence-corrected chi connectivity index (χ4v) is 2.02. The first-order chi connectivity index (χ1) is 8.54. The van der Waals surface area contributed by atoms with Crippen molar-refractivity contribution in [1.82, 2.24) is 9.55 Å². The van der Waals surface area contributed by atoms with Gasteiger partial charge in [-0.25, -0.2) is 4.98 Å². The van der Waals surface area contributed by atoms with Gasteiger partial charge in [-0.15, -0.1) is 0 Å². The minimum Gasteiger partial charge on any atom is -0.465 e. The summed E-state index contributed by atoms with van der Waals surface area (Å²) in [5, 5.41) is 0. The lowest BCUT2D eigenvalue weighted by Gasteiger charge is -2.16. The summed E-state index contributed by atoms with van der Waals surface area (Å²) in [6.07, 6.45) is 0. The summed E-state index contributed by atoms with van der Waals surface area (Å²) in [4.78, 5) is 29.7. The van der Waals surface area contributed by atoms with Gasteiger partial charge in [0.25, 0.3) is 5.56 Å². The Labute approximate surface area is 105 Å². The topological polar surface area (TPSA) is 64.4 Å². The van der Waals surface area contributed by atoms with Gasteiger partial charge in [-0.3, -0.25) is 14.2 Å². The molecule has 18 heavy (non-hydrogen) atoms. The van der Waals surface area contributed by atoms with Crippen LogP contribution in [0.3, 0.4) is 0 Å². The van der Waals surface area contributed by atoms with Crippen molar-refractivity contribution in [1.29, 1.82) is 0 Å². The zero-order chi connectivity index (χ0) is 13.3. The van der Waals surface area contributed by atoms with Crippen LogP contribution in [0.25, 0.3) is 0 Å². The van der Waals surface area contributed by atoms with E-state index in [9.17, 15) is 9.59 Å². The summed E-state index contributed by atoms with van der Waals surface area (Å²) in [6, 6.07) is 0. The Morgan fingerprint density at radius 3 is 2.78 bits per heavy atom. The molecule has 0 saturated carbocycles. The van der Waals surface area contributed by atoms with E-state index in [1.54, 1.807) is 30.2 Å². The Morgan fingerprint density at radius 1 is 1.39 bits per heavy atom. The smallest absolute Gasteiger partial charge is 0.325 e. The number of aryl methyl sites for hydroxylation is 1. The third-order valence-corrected chi connectivity index (χ3v) is 3.12. The van der Waals surface area contributed by atoms with Gasteiger partial charge in [0, 0.05) is 24.3 Å². The lowest BCUT2D eigenvalue weighted by molar-refractivity contribution is -0.141. The third-order valence-electron chi connectivity index (χ3n) is 3.12. The van der Waals surface area contributed by atoms with Gasteiger partial charge in [-0.2, -0.15) is 0 Å². The third kappa shape index (κ3) is 2.10. The number of hydrogen-bond donors (Lipinski definition) is 0. The number of nitrogens with zero attached hydrogens (tertiary/aromatic N) is 3. The Bertz CT molecular complexity index is 536. The summed E-state index contributed by atoms with van der Waals surface area (Å²) < 4.78 is 6.52. The molecule has 0 unspecified atom stereocenters. The summed E-state index contributed by atoms with van der Waals surface area (Å²) in [5.41, 5.74) is 1.35. The summed E-state index contributed by atoms with van der Waals surface area (Å²) in [6.45, 7) is 7.03. The molecule has 1 aromatic rings. The second-order valence-corrected chi connectivity index (χ2v) is 4.31. The van der Waals surface area contributed by atoms with E-state index >= 15 is 0 Å². The molecule has 2 rings (SSSR count). The number of carbonyl (C=O) groups is 1.